The van der Waals surface area contributed by atoms with Crippen molar-refractivity contribution in [3.8, 4) is 0 Å². The van der Waals surface area contributed by atoms with Gasteiger partial charge in [-0.3, -0.25) is 0 Å². The van der Waals surface area contributed by atoms with Crippen molar-refractivity contribution < 1.29 is 0 Å². The number of hydrogen-bond acceptors (Lipinski definition) is 0. The van der Waals surface area contributed by atoms with Crippen LogP contribution in [0.4, 0.5) is 0 Å². The average Bonchev–Trinajstić information content (AvgIpc) is 2.01. The topological polar surface area (TPSA) is 0 Å². The van der Waals surface area contributed by atoms with E-state index in [4.69, 9.17) is 0 Å². The molecule has 0 aliphatic carbocycles. The van der Waals surface area contributed by atoms with Crippen LogP contribution in [-0.2, 0) is 0 Å². The molecule has 0 amide bonds. The van der Waals surface area contributed by atoms with Crippen molar-refractivity contribution in [1.82, 2.24) is 0 Å². The minimum absolute atomic E-state index is 0.990. The van der Waals surface area contributed by atoms with Gasteiger partial charge in [0.1, 0.15) is 0 Å². The number of rotatable bonds is 4. The molecular formula is C11H16. The lowest BCUT2D eigenvalue weighted by atomic mass is 10.1. The SMILES string of the molecule is C=C/C=C(/C)C/C=C(\C)C=C. The molecule has 0 aromatic heterocycles. The van der Waals surface area contributed by atoms with Gasteiger partial charge in [-0.2, -0.15) is 0 Å². The third-order valence-electron chi connectivity index (χ3n) is 1.47. The van der Waals surface area contributed by atoms with Gasteiger partial charge in [0.25, 0.3) is 0 Å². The molecule has 0 N–H and O–H groups in total. The predicted octanol–water partition coefficient (Wildman–Crippen LogP) is 3.64. The Kier molecular flexibility index (Phi) is 5.18. The van der Waals surface area contributed by atoms with Gasteiger partial charge in [-0.25, -0.2) is 0 Å². The fraction of sp³-hybridized carbons (Fsp3) is 0.273. The highest BCUT2D eigenvalue weighted by atomic mass is 13.9. The molecular weight excluding hydrogens is 132 g/mol. The summed E-state index contributed by atoms with van der Waals surface area (Å²) in [5, 5.41) is 0. The summed E-state index contributed by atoms with van der Waals surface area (Å²) in [6, 6.07) is 0. The smallest absolute Gasteiger partial charge is 0.0133 e. The summed E-state index contributed by atoms with van der Waals surface area (Å²) in [5.41, 5.74) is 2.54. The molecule has 0 saturated carbocycles. The maximum atomic E-state index is 3.68. The highest BCUT2D eigenvalue weighted by molar-refractivity contribution is 5.18. The van der Waals surface area contributed by atoms with Crippen LogP contribution in [0.25, 0.3) is 0 Å². The van der Waals surface area contributed by atoms with E-state index >= 15 is 0 Å². The summed E-state index contributed by atoms with van der Waals surface area (Å²) in [5.74, 6) is 0. The second kappa shape index (κ2) is 5.72. The Morgan fingerprint density at radius 1 is 1.27 bits per heavy atom. The zero-order valence-electron chi connectivity index (χ0n) is 7.43. The molecule has 0 spiro atoms. The van der Waals surface area contributed by atoms with E-state index in [-0.39, 0.29) is 0 Å². The van der Waals surface area contributed by atoms with Gasteiger partial charge in [0, 0.05) is 0 Å². The van der Waals surface area contributed by atoms with Crippen molar-refractivity contribution in [3.05, 3.63) is 48.6 Å². The predicted molar refractivity (Wildman–Crippen MR) is 52.5 cm³/mol. The van der Waals surface area contributed by atoms with Gasteiger partial charge in [-0.1, -0.05) is 48.6 Å². The number of hydrogen-bond donors (Lipinski definition) is 0. The van der Waals surface area contributed by atoms with Crippen molar-refractivity contribution in [1.29, 1.82) is 0 Å². The van der Waals surface area contributed by atoms with Crippen molar-refractivity contribution >= 4 is 0 Å². The van der Waals surface area contributed by atoms with E-state index in [1.165, 1.54) is 11.1 Å². The molecule has 0 saturated heterocycles. The summed E-state index contributed by atoms with van der Waals surface area (Å²) < 4.78 is 0. The van der Waals surface area contributed by atoms with Gasteiger partial charge in [-0.05, 0) is 20.3 Å². The highest BCUT2D eigenvalue weighted by Crippen LogP contribution is 2.04. The van der Waals surface area contributed by atoms with Crippen molar-refractivity contribution in [2.75, 3.05) is 0 Å². The maximum Gasteiger partial charge on any atom is -0.0133 e. The van der Waals surface area contributed by atoms with Crippen molar-refractivity contribution in [2.45, 2.75) is 20.3 Å². The summed E-state index contributed by atoms with van der Waals surface area (Å²) in [6.07, 6.45) is 8.84. The third-order valence-corrected chi connectivity index (χ3v) is 1.47. The standard InChI is InChI=1S/C11H16/c1-5-7-11(4)9-8-10(3)6-2/h5-8H,1-2,9H2,3-4H3/b10-8+,11-7-. The molecule has 11 heavy (non-hydrogen) atoms. The normalized spacial score (nSPS) is 12.9. The fourth-order valence-electron chi connectivity index (χ4n) is 0.675. The lowest BCUT2D eigenvalue weighted by Gasteiger charge is -1.93. The lowest BCUT2D eigenvalue weighted by molar-refractivity contribution is 1.19. The molecule has 60 valence electrons. The van der Waals surface area contributed by atoms with Gasteiger partial charge in [-0.15, -0.1) is 0 Å². The molecule has 0 aromatic carbocycles. The maximum absolute atomic E-state index is 3.68. The van der Waals surface area contributed by atoms with E-state index in [0.29, 0.717) is 0 Å². The van der Waals surface area contributed by atoms with Crippen LogP contribution in [0.2, 0.25) is 0 Å². The molecule has 0 rings (SSSR count). The Balaban J connectivity index is 3.96. The second-order valence-electron chi connectivity index (χ2n) is 2.61. The first-order valence-electron chi connectivity index (χ1n) is 3.78. The van der Waals surface area contributed by atoms with Gasteiger partial charge < -0.3 is 0 Å². The van der Waals surface area contributed by atoms with E-state index in [1.54, 1.807) is 0 Å². The molecule has 0 heteroatoms. The van der Waals surface area contributed by atoms with Crippen LogP contribution in [0, 0.1) is 0 Å². The molecule has 0 atom stereocenters. The number of allylic oxidation sites excluding steroid dienone is 6. The molecule has 0 radical (unpaired) electrons. The molecule has 0 fully saturated rings. The van der Waals surface area contributed by atoms with E-state index in [0.717, 1.165) is 6.42 Å². The Morgan fingerprint density at radius 2 is 1.91 bits per heavy atom. The Hall–Kier alpha value is -1.04. The Labute approximate surface area is 69.6 Å². The van der Waals surface area contributed by atoms with Crippen LogP contribution in [0.3, 0.4) is 0 Å². The third kappa shape index (κ3) is 5.41. The quantitative estimate of drug-likeness (QED) is 0.534. The summed E-state index contributed by atoms with van der Waals surface area (Å²) in [6.45, 7) is 11.4. The molecule has 0 aliphatic heterocycles. The zero-order chi connectivity index (χ0) is 8.69. The van der Waals surface area contributed by atoms with Crippen LogP contribution >= 0.6 is 0 Å². The van der Waals surface area contributed by atoms with Crippen LogP contribution in [0.15, 0.2) is 48.6 Å². The molecule has 0 aliphatic rings. The van der Waals surface area contributed by atoms with E-state index in [9.17, 15) is 0 Å². The summed E-state index contributed by atoms with van der Waals surface area (Å²) >= 11 is 0. The lowest BCUT2D eigenvalue weighted by Crippen LogP contribution is -1.73. The van der Waals surface area contributed by atoms with Crippen LogP contribution in [0.1, 0.15) is 20.3 Å². The summed E-state index contributed by atoms with van der Waals surface area (Å²) in [4.78, 5) is 0. The van der Waals surface area contributed by atoms with Gasteiger partial charge in [0.2, 0.25) is 0 Å². The van der Waals surface area contributed by atoms with E-state index in [2.05, 4.69) is 26.2 Å². The van der Waals surface area contributed by atoms with Gasteiger partial charge in [0.05, 0.1) is 0 Å². The summed E-state index contributed by atoms with van der Waals surface area (Å²) in [7, 11) is 0. The molecule has 0 heterocycles. The Morgan fingerprint density at radius 3 is 2.36 bits per heavy atom. The molecule has 0 aromatic rings. The van der Waals surface area contributed by atoms with Gasteiger partial charge >= 0.3 is 0 Å². The van der Waals surface area contributed by atoms with Crippen LogP contribution in [0.5, 0.6) is 0 Å². The average molecular weight is 148 g/mol. The van der Waals surface area contributed by atoms with Gasteiger partial charge in [0.15, 0.2) is 0 Å². The second-order valence-corrected chi connectivity index (χ2v) is 2.61. The molecule has 0 unspecified atom stereocenters. The van der Waals surface area contributed by atoms with Crippen LogP contribution in [-0.4, -0.2) is 0 Å². The van der Waals surface area contributed by atoms with E-state index < -0.39 is 0 Å². The first kappa shape index (κ1) is 9.96. The minimum Gasteiger partial charge on any atom is -0.0991 e. The van der Waals surface area contributed by atoms with Crippen molar-refractivity contribution in [2.24, 2.45) is 0 Å². The highest BCUT2D eigenvalue weighted by Gasteiger charge is 1.83. The zero-order valence-corrected chi connectivity index (χ0v) is 7.43. The molecule has 0 nitrogen and oxygen atoms in total. The monoisotopic (exact) mass is 148 g/mol. The first-order chi connectivity index (χ1) is 5.20. The first-order valence-corrected chi connectivity index (χ1v) is 3.78. The van der Waals surface area contributed by atoms with E-state index in [1.807, 2.05) is 25.2 Å². The Bertz CT molecular complexity index is 192. The van der Waals surface area contributed by atoms with Crippen molar-refractivity contribution in [3.63, 3.8) is 0 Å². The van der Waals surface area contributed by atoms with Crippen LogP contribution < -0.4 is 0 Å². The minimum atomic E-state index is 0.990. The fourth-order valence-corrected chi connectivity index (χ4v) is 0.675. The largest absolute Gasteiger partial charge is 0.0991 e. The molecule has 0 bridgehead atoms.